The Balaban J connectivity index is 4.19. The van der Waals surface area contributed by atoms with E-state index in [1.165, 1.54) is 14.0 Å². The lowest BCUT2D eigenvalue weighted by atomic mass is 10.5. The summed E-state index contributed by atoms with van der Waals surface area (Å²) in [6.45, 7) is 0.396. The van der Waals surface area contributed by atoms with Gasteiger partial charge in [0.1, 0.15) is 0 Å². The average molecular weight is 236 g/mol. The van der Waals surface area contributed by atoms with Gasteiger partial charge in [-0.15, -0.1) is 0 Å². The standard InChI is InChI=1S/C7H9F5O3/c1-4(13-2)14-3-15-5(6(8)9)7(10,11)12/h4H,3H2,1-2H3. The smallest absolute Gasteiger partial charge is 0.454 e. The van der Waals surface area contributed by atoms with Crippen molar-refractivity contribution in [3.8, 4) is 0 Å². The Morgan fingerprint density at radius 3 is 2.13 bits per heavy atom. The van der Waals surface area contributed by atoms with Crippen molar-refractivity contribution in [3.05, 3.63) is 11.8 Å². The van der Waals surface area contributed by atoms with Crippen molar-refractivity contribution in [2.75, 3.05) is 13.9 Å². The number of hydrogen-bond acceptors (Lipinski definition) is 3. The molecular formula is C7H9F5O3. The highest BCUT2D eigenvalue weighted by Gasteiger charge is 2.40. The van der Waals surface area contributed by atoms with Crippen molar-refractivity contribution in [2.24, 2.45) is 0 Å². The van der Waals surface area contributed by atoms with Crippen LogP contribution in [0.1, 0.15) is 6.92 Å². The Kier molecular flexibility index (Phi) is 5.51. The minimum absolute atomic E-state index is 0.845. The molecule has 15 heavy (non-hydrogen) atoms. The monoisotopic (exact) mass is 236 g/mol. The van der Waals surface area contributed by atoms with Crippen LogP contribution in [0.2, 0.25) is 0 Å². The Morgan fingerprint density at radius 2 is 1.80 bits per heavy atom. The molecule has 3 nitrogen and oxygen atoms in total. The zero-order valence-electron chi connectivity index (χ0n) is 7.90. The van der Waals surface area contributed by atoms with E-state index in [1.807, 2.05) is 0 Å². The molecule has 8 heteroatoms. The lowest BCUT2D eigenvalue weighted by Crippen LogP contribution is -2.19. The summed E-state index contributed by atoms with van der Waals surface area (Å²) in [7, 11) is 1.24. The first-order valence-corrected chi connectivity index (χ1v) is 3.68. The van der Waals surface area contributed by atoms with Gasteiger partial charge in [0.2, 0.25) is 0 Å². The van der Waals surface area contributed by atoms with E-state index in [-0.39, 0.29) is 0 Å². The number of ether oxygens (including phenoxy) is 3. The molecule has 0 fully saturated rings. The van der Waals surface area contributed by atoms with Gasteiger partial charge in [-0.05, 0) is 6.92 Å². The molecule has 0 saturated heterocycles. The quantitative estimate of drug-likeness (QED) is 0.417. The fourth-order valence-electron chi connectivity index (χ4n) is 0.500. The van der Waals surface area contributed by atoms with E-state index >= 15 is 0 Å². The van der Waals surface area contributed by atoms with E-state index in [0.29, 0.717) is 0 Å². The number of hydrogen-bond donors (Lipinski definition) is 0. The minimum atomic E-state index is -5.24. The zero-order chi connectivity index (χ0) is 12.1. The van der Waals surface area contributed by atoms with Gasteiger partial charge in [0.25, 0.3) is 5.76 Å². The first kappa shape index (κ1) is 14.1. The normalized spacial score (nSPS) is 13.5. The molecule has 0 spiro atoms. The van der Waals surface area contributed by atoms with E-state index in [4.69, 9.17) is 0 Å². The molecule has 0 aromatic carbocycles. The third-order valence-corrected chi connectivity index (χ3v) is 1.27. The molecule has 0 aliphatic carbocycles. The summed E-state index contributed by atoms with van der Waals surface area (Å²) in [4.78, 5) is 0. The van der Waals surface area contributed by atoms with E-state index in [9.17, 15) is 22.0 Å². The van der Waals surface area contributed by atoms with Crippen molar-refractivity contribution >= 4 is 0 Å². The van der Waals surface area contributed by atoms with Crippen LogP contribution in [0.3, 0.4) is 0 Å². The van der Waals surface area contributed by atoms with E-state index in [2.05, 4.69) is 14.2 Å². The molecular weight excluding hydrogens is 227 g/mol. The molecule has 0 aliphatic rings. The maximum Gasteiger partial charge on any atom is 0.454 e. The first-order valence-electron chi connectivity index (χ1n) is 3.68. The summed E-state index contributed by atoms with van der Waals surface area (Å²) >= 11 is 0. The van der Waals surface area contributed by atoms with Crippen LogP contribution in [0, 0.1) is 0 Å². The molecule has 0 rings (SSSR count). The summed E-state index contributed by atoms with van der Waals surface area (Å²) in [5.41, 5.74) is 0. The Bertz CT molecular complexity index is 221. The molecule has 0 amide bonds. The Hall–Kier alpha value is -0.890. The lowest BCUT2D eigenvalue weighted by molar-refractivity contribution is -0.197. The predicted molar refractivity (Wildman–Crippen MR) is 38.8 cm³/mol. The predicted octanol–water partition coefficient (Wildman–Crippen LogP) is 2.64. The van der Waals surface area contributed by atoms with Crippen LogP contribution in [0.4, 0.5) is 22.0 Å². The SMILES string of the molecule is COC(C)OCOC(=C(F)F)C(F)(F)F. The van der Waals surface area contributed by atoms with Crippen LogP contribution in [0.5, 0.6) is 0 Å². The van der Waals surface area contributed by atoms with Gasteiger partial charge in [-0.2, -0.15) is 22.0 Å². The third kappa shape index (κ3) is 5.53. The zero-order valence-corrected chi connectivity index (χ0v) is 7.90. The van der Waals surface area contributed by atoms with Crippen molar-refractivity contribution < 1.29 is 36.2 Å². The number of allylic oxidation sites excluding steroid dienone is 1. The van der Waals surface area contributed by atoms with Gasteiger partial charge in [-0.3, -0.25) is 0 Å². The third-order valence-electron chi connectivity index (χ3n) is 1.27. The number of rotatable bonds is 5. The van der Waals surface area contributed by atoms with E-state index in [0.717, 1.165) is 0 Å². The molecule has 0 bridgehead atoms. The second kappa shape index (κ2) is 5.86. The minimum Gasteiger partial charge on any atom is -0.458 e. The van der Waals surface area contributed by atoms with Crippen LogP contribution in [0.15, 0.2) is 11.8 Å². The molecule has 0 aromatic heterocycles. The summed E-state index contributed by atoms with van der Waals surface area (Å²) in [6, 6.07) is 0. The summed E-state index contributed by atoms with van der Waals surface area (Å²) < 4.78 is 71.7. The largest absolute Gasteiger partial charge is 0.458 e. The van der Waals surface area contributed by atoms with Crippen LogP contribution in [-0.4, -0.2) is 26.4 Å². The molecule has 90 valence electrons. The number of methoxy groups -OCH3 is 1. The van der Waals surface area contributed by atoms with Crippen LogP contribution in [-0.2, 0) is 14.2 Å². The summed E-state index contributed by atoms with van der Waals surface area (Å²) in [5.74, 6) is -2.36. The molecule has 0 N–H and O–H groups in total. The van der Waals surface area contributed by atoms with Gasteiger partial charge in [0.15, 0.2) is 13.1 Å². The van der Waals surface area contributed by atoms with Crippen LogP contribution in [0.25, 0.3) is 0 Å². The second-order valence-electron chi connectivity index (χ2n) is 2.32. The summed E-state index contributed by atoms with van der Waals surface area (Å²) in [6.07, 6.45) is -9.03. The average Bonchev–Trinajstić information content (AvgIpc) is 2.09. The lowest BCUT2D eigenvalue weighted by Gasteiger charge is -2.14. The molecule has 0 saturated carbocycles. The van der Waals surface area contributed by atoms with Crippen molar-refractivity contribution in [2.45, 2.75) is 19.4 Å². The van der Waals surface area contributed by atoms with Gasteiger partial charge in [-0.1, -0.05) is 0 Å². The molecule has 0 radical (unpaired) electrons. The fourth-order valence-corrected chi connectivity index (χ4v) is 0.500. The second-order valence-corrected chi connectivity index (χ2v) is 2.32. The molecule has 0 aromatic rings. The van der Waals surface area contributed by atoms with Gasteiger partial charge in [0.05, 0.1) is 0 Å². The van der Waals surface area contributed by atoms with Crippen molar-refractivity contribution in [1.82, 2.24) is 0 Å². The molecule has 1 unspecified atom stereocenters. The van der Waals surface area contributed by atoms with Gasteiger partial charge in [-0.25, -0.2) is 0 Å². The van der Waals surface area contributed by atoms with Crippen molar-refractivity contribution in [3.63, 3.8) is 0 Å². The Morgan fingerprint density at radius 1 is 1.27 bits per heavy atom. The maximum atomic E-state index is 11.8. The molecule has 0 aliphatic heterocycles. The van der Waals surface area contributed by atoms with E-state index in [1.54, 1.807) is 0 Å². The Labute approximate surface area is 82.4 Å². The van der Waals surface area contributed by atoms with Gasteiger partial charge >= 0.3 is 12.3 Å². The van der Waals surface area contributed by atoms with Gasteiger partial charge < -0.3 is 14.2 Å². The maximum absolute atomic E-state index is 11.8. The highest BCUT2D eigenvalue weighted by molar-refractivity contribution is 5.00. The van der Waals surface area contributed by atoms with Gasteiger partial charge in [0, 0.05) is 7.11 Å². The van der Waals surface area contributed by atoms with Crippen molar-refractivity contribution in [1.29, 1.82) is 0 Å². The van der Waals surface area contributed by atoms with E-state index < -0.39 is 31.1 Å². The highest BCUT2D eigenvalue weighted by atomic mass is 19.4. The molecule has 0 heterocycles. The topological polar surface area (TPSA) is 27.7 Å². The van der Waals surface area contributed by atoms with Crippen LogP contribution >= 0.6 is 0 Å². The fraction of sp³-hybridized carbons (Fsp3) is 0.714. The molecule has 1 atom stereocenters. The number of halogens is 5. The first-order chi connectivity index (χ1) is 6.79. The van der Waals surface area contributed by atoms with Crippen LogP contribution < -0.4 is 0 Å². The number of alkyl halides is 3. The summed E-state index contributed by atoms with van der Waals surface area (Å²) in [5, 5.41) is 0. The highest BCUT2D eigenvalue weighted by Crippen LogP contribution is 2.30.